The number of aromatic nitrogens is 1. The Kier molecular flexibility index (Phi) is 3.71. The zero-order valence-corrected chi connectivity index (χ0v) is 12.8. The molecule has 0 unspecified atom stereocenters. The molecule has 0 aliphatic rings. The van der Waals surface area contributed by atoms with Gasteiger partial charge in [0.15, 0.2) is 5.13 Å². The first-order valence-electron chi connectivity index (χ1n) is 6.93. The summed E-state index contributed by atoms with van der Waals surface area (Å²) in [6.45, 7) is 4.14. The van der Waals surface area contributed by atoms with E-state index in [1.165, 1.54) is 22.5 Å². The van der Waals surface area contributed by atoms with Gasteiger partial charge < -0.3 is 0 Å². The smallest absolute Gasteiger partial charge is 0.257 e. The number of carbonyl (C=O) groups excluding carboxylic acids is 1. The van der Waals surface area contributed by atoms with Crippen LogP contribution in [0.2, 0.25) is 0 Å². The molecule has 0 aliphatic heterocycles. The van der Waals surface area contributed by atoms with Crippen LogP contribution >= 0.6 is 11.3 Å². The van der Waals surface area contributed by atoms with Gasteiger partial charge >= 0.3 is 0 Å². The van der Waals surface area contributed by atoms with Gasteiger partial charge in [-0.2, -0.15) is 0 Å². The van der Waals surface area contributed by atoms with Crippen LogP contribution in [-0.4, -0.2) is 10.9 Å². The van der Waals surface area contributed by atoms with E-state index < -0.39 is 0 Å². The minimum absolute atomic E-state index is 0.117. The monoisotopic (exact) mass is 296 g/mol. The predicted molar refractivity (Wildman–Crippen MR) is 88.1 cm³/mol. The normalized spacial score (nSPS) is 10.8. The topological polar surface area (TPSA) is 42.0 Å². The first-order chi connectivity index (χ1) is 10.2. The van der Waals surface area contributed by atoms with Crippen molar-refractivity contribution < 1.29 is 4.79 Å². The molecule has 0 bridgehead atoms. The first kappa shape index (κ1) is 13.8. The van der Waals surface area contributed by atoms with Gasteiger partial charge in [-0.1, -0.05) is 36.5 Å². The Morgan fingerprint density at radius 1 is 1.19 bits per heavy atom. The number of nitrogens with zero attached hydrogens (tertiary/aromatic N) is 1. The number of fused-ring (bicyclic) bond motifs is 1. The zero-order valence-electron chi connectivity index (χ0n) is 12.0. The molecule has 1 amide bonds. The SMILES string of the molecule is CCc1ccc(C(=O)Nc2nc3ccc(C)cc3s2)cc1. The molecule has 0 saturated carbocycles. The van der Waals surface area contributed by atoms with Gasteiger partial charge in [0.05, 0.1) is 10.2 Å². The number of carbonyl (C=O) groups is 1. The van der Waals surface area contributed by atoms with Gasteiger partial charge in [-0.3, -0.25) is 10.1 Å². The van der Waals surface area contributed by atoms with Crippen molar-refractivity contribution in [3.05, 3.63) is 59.2 Å². The third kappa shape index (κ3) is 2.95. The van der Waals surface area contributed by atoms with E-state index in [0.717, 1.165) is 16.6 Å². The Morgan fingerprint density at radius 2 is 1.95 bits per heavy atom. The highest BCUT2D eigenvalue weighted by Gasteiger charge is 2.09. The summed E-state index contributed by atoms with van der Waals surface area (Å²) in [6.07, 6.45) is 0.971. The van der Waals surface area contributed by atoms with Crippen LogP contribution in [-0.2, 0) is 6.42 Å². The number of nitrogens with one attached hydrogen (secondary N) is 1. The molecule has 0 aliphatic carbocycles. The van der Waals surface area contributed by atoms with Crippen molar-refractivity contribution in [3.63, 3.8) is 0 Å². The second kappa shape index (κ2) is 5.66. The fourth-order valence-corrected chi connectivity index (χ4v) is 3.11. The molecule has 106 valence electrons. The summed E-state index contributed by atoms with van der Waals surface area (Å²) in [5.74, 6) is -0.117. The number of aryl methyl sites for hydroxylation is 2. The van der Waals surface area contributed by atoms with Crippen LogP contribution in [0, 0.1) is 6.92 Å². The summed E-state index contributed by atoms with van der Waals surface area (Å²) < 4.78 is 1.09. The Balaban J connectivity index is 1.81. The molecule has 3 rings (SSSR count). The van der Waals surface area contributed by atoms with E-state index in [-0.39, 0.29) is 5.91 Å². The molecule has 3 aromatic rings. The maximum atomic E-state index is 12.2. The van der Waals surface area contributed by atoms with Crippen LogP contribution in [0.5, 0.6) is 0 Å². The van der Waals surface area contributed by atoms with E-state index in [1.807, 2.05) is 43.3 Å². The van der Waals surface area contributed by atoms with Gasteiger partial charge in [0.1, 0.15) is 0 Å². The number of anilines is 1. The van der Waals surface area contributed by atoms with Crippen molar-refractivity contribution in [2.75, 3.05) is 5.32 Å². The Morgan fingerprint density at radius 3 is 2.67 bits per heavy atom. The average Bonchev–Trinajstić information content (AvgIpc) is 2.88. The molecule has 0 spiro atoms. The maximum absolute atomic E-state index is 12.2. The highest BCUT2D eigenvalue weighted by atomic mass is 32.1. The molecule has 1 heterocycles. The minimum Gasteiger partial charge on any atom is -0.298 e. The number of hydrogen-bond acceptors (Lipinski definition) is 3. The predicted octanol–water partition coefficient (Wildman–Crippen LogP) is 4.42. The zero-order chi connectivity index (χ0) is 14.8. The van der Waals surface area contributed by atoms with Crippen molar-refractivity contribution in [1.82, 2.24) is 4.98 Å². The highest BCUT2D eigenvalue weighted by Crippen LogP contribution is 2.27. The van der Waals surface area contributed by atoms with Gasteiger partial charge in [0.2, 0.25) is 0 Å². The summed E-state index contributed by atoms with van der Waals surface area (Å²) in [7, 11) is 0. The van der Waals surface area contributed by atoms with E-state index in [0.29, 0.717) is 10.7 Å². The lowest BCUT2D eigenvalue weighted by Gasteiger charge is -2.02. The molecule has 0 atom stereocenters. The molecule has 0 fully saturated rings. The number of hydrogen-bond donors (Lipinski definition) is 1. The van der Waals surface area contributed by atoms with Crippen LogP contribution < -0.4 is 5.32 Å². The second-order valence-electron chi connectivity index (χ2n) is 4.99. The molecular formula is C17H16N2OS. The number of benzene rings is 2. The molecule has 1 aromatic heterocycles. The average molecular weight is 296 g/mol. The lowest BCUT2D eigenvalue weighted by Crippen LogP contribution is -2.11. The molecule has 0 radical (unpaired) electrons. The van der Waals surface area contributed by atoms with Crippen molar-refractivity contribution in [2.24, 2.45) is 0 Å². The molecular weight excluding hydrogens is 280 g/mol. The largest absolute Gasteiger partial charge is 0.298 e. The first-order valence-corrected chi connectivity index (χ1v) is 7.75. The van der Waals surface area contributed by atoms with Gasteiger partial charge in [-0.25, -0.2) is 4.98 Å². The van der Waals surface area contributed by atoms with Crippen LogP contribution in [0.3, 0.4) is 0 Å². The Labute approximate surface area is 127 Å². The van der Waals surface area contributed by atoms with Gasteiger partial charge in [-0.15, -0.1) is 0 Å². The van der Waals surface area contributed by atoms with Gasteiger partial charge in [0, 0.05) is 5.56 Å². The summed E-state index contributed by atoms with van der Waals surface area (Å²) in [4.78, 5) is 16.7. The molecule has 0 saturated heterocycles. The molecule has 4 heteroatoms. The van der Waals surface area contributed by atoms with Gasteiger partial charge in [0.25, 0.3) is 5.91 Å². The van der Waals surface area contributed by atoms with E-state index in [1.54, 1.807) is 0 Å². The van der Waals surface area contributed by atoms with E-state index >= 15 is 0 Å². The van der Waals surface area contributed by atoms with Crippen LogP contribution in [0.1, 0.15) is 28.4 Å². The third-order valence-electron chi connectivity index (χ3n) is 3.39. The van der Waals surface area contributed by atoms with Crippen LogP contribution in [0.4, 0.5) is 5.13 Å². The lowest BCUT2D eigenvalue weighted by atomic mass is 10.1. The Hall–Kier alpha value is -2.20. The third-order valence-corrected chi connectivity index (χ3v) is 4.32. The molecule has 3 nitrogen and oxygen atoms in total. The minimum atomic E-state index is -0.117. The van der Waals surface area contributed by atoms with E-state index in [2.05, 4.69) is 23.3 Å². The molecule has 1 N–H and O–H groups in total. The fourth-order valence-electron chi connectivity index (χ4n) is 2.15. The molecule has 2 aromatic carbocycles. The fraction of sp³-hybridized carbons (Fsp3) is 0.176. The van der Waals surface area contributed by atoms with Crippen LogP contribution in [0.15, 0.2) is 42.5 Å². The van der Waals surface area contributed by atoms with E-state index in [9.17, 15) is 4.79 Å². The summed E-state index contributed by atoms with van der Waals surface area (Å²) in [5.41, 5.74) is 3.99. The number of thiazole rings is 1. The summed E-state index contributed by atoms with van der Waals surface area (Å²) in [5, 5.41) is 3.51. The summed E-state index contributed by atoms with van der Waals surface area (Å²) >= 11 is 1.50. The van der Waals surface area contributed by atoms with Crippen molar-refractivity contribution in [1.29, 1.82) is 0 Å². The van der Waals surface area contributed by atoms with Crippen LogP contribution in [0.25, 0.3) is 10.2 Å². The number of rotatable bonds is 3. The van der Waals surface area contributed by atoms with Gasteiger partial charge in [-0.05, 0) is 48.7 Å². The van der Waals surface area contributed by atoms with Crippen molar-refractivity contribution >= 4 is 32.6 Å². The second-order valence-corrected chi connectivity index (χ2v) is 6.03. The highest BCUT2D eigenvalue weighted by molar-refractivity contribution is 7.22. The van der Waals surface area contributed by atoms with E-state index in [4.69, 9.17) is 0 Å². The van der Waals surface area contributed by atoms with Crippen molar-refractivity contribution in [3.8, 4) is 0 Å². The number of amides is 1. The standard InChI is InChI=1S/C17H16N2OS/c1-3-12-5-7-13(8-6-12)16(20)19-17-18-14-9-4-11(2)10-15(14)21-17/h4-10H,3H2,1-2H3,(H,18,19,20). The summed E-state index contributed by atoms with van der Waals surface area (Å²) in [6, 6.07) is 13.8. The maximum Gasteiger partial charge on any atom is 0.257 e. The molecule has 21 heavy (non-hydrogen) atoms. The van der Waals surface area contributed by atoms with Crippen molar-refractivity contribution in [2.45, 2.75) is 20.3 Å². The quantitative estimate of drug-likeness (QED) is 0.777. The lowest BCUT2D eigenvalue weighted by molar-refractivity contribution is 0.102. The Bertz CT molecular complexity index is 790.